The van der Waals surface area contributed by atoms with Crippen LogP contribution >= 0.6 is 0 Å². The zero-order valence-electron chi connectivity index (χ0n) is 25.9. The molecule has 3 nitrogen and oxygen atoms in total. The first-order valence-corrected chi connectivity index (χ1v) is 15.9. The van der Waals surface area contributed by atoms with Crippen LogP contribution in [0.4, 0.5) is 0 Å². The molecule has 2 aromatic heterocycles. The predicted octanol–water partition coefficient (Wildman–Crippen LogP) is 11.4. The van der Waals surface area contributed by atoms with E-state index in [4.69, 9.17) is 9.97 Å². The molecule has 47 heavy (non-hydrogen) atoms. The molecule has 7 aromatic carbocycles. The van der Waals surface area contributed by atoms with Gasteiger partial charge >= 0.3 is 0 Å². The maximum atomic E-state index is 5.15. The predicted molar refractivity (Wildman–Crippen MR) is 195 cm³/mol. The third-order valence-electron chi connectivity index (χ3n) is 9.31. The van der Waals surface area contributed by atoms with E-state index < -0.39 is 0 Å². The number of benzene rings is 7. The summed E-state index contributed by atoms with van der Waals surface area (Å²) in [6.45, 7) is 2.11. The van der Waals surface area contributed by atoms with E-state index in [9.17, 15) is 0 Å². The van der Waals surface area contributed by atoms with E-state index in [0.29, 0.717) is 5.82 Å². The van der Waals surface area contributed by atoms with Gasteiger partial charge in [-0.05, 0) is 73.6 Å². The Morgan fingerprint density at radius 1 is 0.426 bits per heavy atom. The molecule has 0 bridgehead atoms. The molecule has 2 heterocycles. The molecule has 0 saturated heterocycles. The monoisotopic (exact) mass is 599 g/mol. The normalized spacial score (nSPS) is 11.5. The highest BCUT2D eigenvalue weighted by Crippen LogP contribution is 2.40. The Morgan fingerprint density at radius 3 is 1.85 bits per heavy atom. The van der Waals surface area contributed by atoms with Crippen LogP contribution in [0.2, 0.25) is 0 Å². The molecule has 0 saturated carbocycles. The minimum atomic E-state index is 0.715. The first kappa shape index (κ1) is 27.1. The van der Waals surface area contributed by atoms with Crippen LogP contribution in [-0.2, 0) is 0 Å². The summed E-state index contributed by atoms with van der Waals surface area (Å²) in [5, 5.41) is 7.78. The third kappa shape index (κ3) is 4.63. The number of rotatable bonds is 5. The summed E-state index contributed by atoms with van der Waals surface area (Å²) < 4.78 is 0. The molecule has 0 aliphatic heterocycles. The Morgan fingerprint density at radius 2 is 1.09 bits per heavy atom. The molecular weight excluding hydrogens is 571 g/mol. The van der Waals surface area contributed by atoms with E-state index in [1.54, 1.807) is 6.20 Å². The molecule has 0 spiro atoms. The van der Waals surface area contributed by atoms with E-state index in [2.05, 4.69) is 145 Å². The smallest absolute Gasteiger partial charge is 0.160 e. The Kier molecular flexibility index (Phi) is 6.36. The summed E-state index contributed by atoms with van der Waals surface area (Å²) in [7, 11) is 0. The topological polar surface area (TPSA) is 38.7 Å². The van der Waals surface area contributed by atoms with Crippen molar-refractivity contribution in [2.75, 3.05) is 0 Å². The van der Waals surface area contributed by atoms with Crippen molar-refractivity contribution in [2.24, 2.45) is 0 Å². The van der Waals surface area contributed by atoms with Crippen LogP contribution in [0.1, 0.15) is 5.56 Å². The number of aromatic nitrogens is 3. The Balaban J connectivity index is 1.19. The zero-order chi connectivity index (χ0) is 31.3. The minimum absolute atomic E-state index is 0.715. The lowest BCUT2D eigenvalue weighted by atomic mass is 9.89. The molecule has 0 aliphatic carbocycles. The summed E-state index contributed by atoms with van der Waals surface area (Å²) in [4.78, 5) is 14.7. The van der Waals surface area contributed by atoms with Crippen molar-refractivity contribution in [3.05, 3.63) is 164 Å². The fraction of sp³-hybridized carbons (Fsp3) is 0.0227. The highest BCUT2D eigenvalue weighted by atomic mass is 14.9. The van der Waals surface area contributed by atoms with Crippen molar-refractivity contribution in [3.63, 3.8) is 0 Å². The highest BCUT2D eigenvalue weighted by Gasteiger charge is 2.16. The van der Waals surface area contributed by atoms with Gasteiger partial charge in [-0.1, -0.05) is 133 Å². The molecule has 0 unspecified atom stereocenters. The Hall–Kier alpha value is -6.19. The quantitative estimate of drug-likeness (QED) is 0.185. The van der Waals surface area contributed by atoms with E-state index in [1.165, 1.54) is 43.4 Å². The number of pyridine rings is 1. The Labute approximate surface area is 273 Å². The summed E-state index contributed by atoms with van der Waals surface area (Å²) in [6, 6.07) is 51.8. The van der Waals surface area contributed by atoms with E-state index in [-0.39, 0.29) is 0 Å². The van der Waals surface area contributed by atoms with Crippen molar-refractivity contribution in [3.8, 4) is 56.2 Å². The average molecular weight is 600 g/mol. The van der Waals surface area contributed by atoms with Crippen LogP contribution in [0.5, 0.6) is 0 Å². The molecule has 0 aliphatic rings. The van der Waals surface area contributed by atoms with Crippen LogP contribution in [0, 0.1) is 6.92 Å². The molecule has 0 radical (unpaired) electrons. The van der Waals surface area contributed by atoms with Crippen molar-refractivity contribution in [1.82, 2.24) is 15.0 Å². The van der Waals surface area contributed by atoms with Gasteiger partial charge in [-0.2, -0.15) is 0 Å². The maximum Gasteiger partial charge on any atom is 0.160 e. The second-order valence-electron chi connectivity index (χ2n) is 12.1. The highest BCUT2D eigenvalue weighted by molar-refractivity contribution is 6.25. The summed E-state index contributed by atoms with van der Waals surface area (Å²) in [6.07, 6.45) is 3.71. The third-order valence-corrected chi connectivity index (χ3v) is 9.31. The fourth-order valence-corrected chi connectivity index (χ4v) is 6.97. The first-order chi connectivity index (χ1) is 23.2. The molecular formula is C44H29N3. The molecule has 9 rings (SSSR count). The lowest BCUT2D eigenvalue weighted by Crippen LogP contribution is -1.98. The second kappa shape index (κ2) is 11.0. The van der Waals surface area contributed by atoms with Gasteiger partial charge in [0.05, 0.1) is 11.4 Å². The molecule has 0 N–H and O–H groups in total. The molecule has 0 atom stereocenters. The zero-order valence-corrected chi connectivity index (χ0v) is 25.9. The van der Waals surface area contributed by atoms with Crippen LogP contribution in [-0.4, -0.2) is 15.0 Å². The second-order valence-corrected chi connectivity index (χ2v) is 12.1. The molecule has 3 heteroatoms. The SMILES string of the molecule is Cc1ccccc1-c1nc(-c2ccc(-c3ccc4ccc5cccc6ccc3c4c56)cc2)cc(-c2ccccc2-c2cccnc2)n1. The van der Waals surface area contributed by atoms with E-state index in [0.717, 1.165) is 44.8 Å². The van der Waals surface area contributed by atoms with Crippen molar-refractivity contribution < 1.29 is 0 Å². The number of aryl methyl sites for hydroxylation is 1. The summed E-state index contributed by atoms with van der Waals surface area (Å²) in [5.41, 5.74) is 10.6. The standard InChI is InChI=1S/C44H29N3/c1-28-8-2-3-12-35(28)44-46-40(26-41(47-44)38-14-5-4-13-36(38)34-11-7-25-45-27-34)30-17-15-29(16-18-30)37-23-21-33-20-19-31-9-6-10-32-22-24-39(37)43(33)42(31)32/h2-27H,1H3. The van der Waals surface area contributed by atoms with E-state index >= 15 is 0 Å². The first-order valence-electron chi connectivity index (χ1n) is 15.9. The van der Waals surface area contributed by atoms with Gasteiger partial charge in [0.25, 0.3) is 0 Å². The van der Waals surface area contributed by atoms with Gasteiger partial charge in [0.2, 0.25) is 0 Å². The van der Waals surface area contributed by atoms with Crippen molar-refractivity contribution in [1.29, 1.82) is 0 Å². The lowest BCUT2D eigenvalue weighted by molar-refractivity contribution is 1.17. The van der Waals surface area contributed by atoms with Gasteiger partial charge < -0.3 is 0 Å². The van der Waals surface area contributed by atoms with Crippen LogP contribution in [0.15, 0.2) is 158 Å². The molecule has 0 fully saturated rings. The number of hydrogen-bond donors (Lipinski definition) is 0. The van der Waals surface area contributed by atoms with Gasteiger partial charge in [-0.15, -0.1) is 0 Å². The molecule has 9 aromatic rings. The molecule has 220 valence electrons. The van der Waals surface area contributed by atoms with Crippen LogP contribution in [0.3, 0.4) is 0 Å². The van der Waals surface area contributed by atoms with Gasteiger partial charge in [-0.25, -0.2) is 9.97 Å². The largest absolute Gasteiger partial charge is 0.264 e. The summed E-state index contributed by atoms with van der Waals surface area (Å²) >= 11 is 0. The van der Waals surface area contributed by atoms with Crippen LogP contribution in [0.25, 0.3) is 88.5 Å². The fourth-order valence-electron chi connectivity index (χ4n) is 6.97. The van der Waals surface area contributed by atoms with Crippen LogP contribution < -0.4 is 0 Å². The number of hydrogen-bond acceptors (Lipinski definition) is 3. The Bertz CT molecular complexity index is 2550. The van der Waals surface area contributed by atoms with Gasteiger partial charge in [0.1, 0.15) is 0 Å². The van der Waals surface area contributed by atoms with E-state index in [1.807, 2.05) is 18.3 Å². The number of nitrogens with zero attached hydrogens (tertiary/aromatic N) is 3. The van der Waals surface area contributed by atoms with Gasteiger partial charge in [0, 0.05) is 34.6 Å². The average Bonchev–Trinajstić information content (AvgIpc) is 3.14. The van der Waals surface area contributed by atoms with Gasteiger partial charge in [0.15, 0.2) is 5.82 Å². The van der Waals surface area contributed by atoms with Gasteiger partial charge in [-0.3, -0.25) is 4.98 Å². The van der Waals surface area contributed by atoms with Crippen molar-refractivity contribution in [2.45, 2.75) is 6.92 Å². The van der Waals surface area contributed by atoms with Crippen molar-refractivity contribution >= 4 is 32.3 Å². The summed E-state index contributed by atoms with van der Waals surface area (Å²) in [5.74, 6) is 0.715. The minimum Gasteiger partial charge on any atom is -0.264 e. The molecule has 0 amide bonds. The maximum absolute atomic E-state index is 5.15. The lowest BCUT2D eigenvalue weighted by Gasteiger charge is -2.15.